The molecule has 0 radical (unpaired) electrons. The van der Waals surface area contributed by atoms with Gasteiger partial charge in [-0.2, -0.15) is 0 Å². The molecule has 0 spiro atoms. The van der Waals surface area contributed by atoms with Crippen LogP contribution in [-0.4, -0.2) is 32.3 Å². The summed E-state index contributed by atoms with van der Waals surface area (Å²) in [5.74, 6) is -0.615. The van der Waals surface area contributed by atoms with Crippen molar-refractivity contribution in [2.75, 3.05) is 0 Å². The van der Waals surface area contributed by atoms with Crippen LogP contribution in [0.4, 0.5) is 0 Å². The second-order valence-corrected chi connectivity index (χ2v) is 8.08. The van der Waals surface area contributed by atoms with Crippen LogP contribution in [0.2, 0.25) is 0 Å². The standard InChI is InChI=1S/C25H30O5/c1-15(2)5-6-18-12-21(25(30)14-24(18)29)22(27)10-8-17-7-9-20(26)11-19(17)13-23(28)16(3)4/h5,7-12,14,16,23,26,28-30H,6,13H2,1-4H3/b10-8-/t23-/m1/s1. The molecular formula is C25H30O5. The Balaban J connectivity index is 2.32. The Kier molecular flexibility index (Phi) is 7.84. The van der Waals surface area contributed by atoms with Crippen molar-refractivity contribution in [3.8, 4) is 17.2 Å². The summed E-state index contributed by atoms with van der Waals surface area (Å²) in [5, 5.41) is 40.2. The average molecular weight is 411 g/mol. The normalized spacial score (nSPS) is 12.3. The molecule has 0 aromatic heterocycles. The zero-order chi connectivity index (χ0) is 22.4. The number of phenols is 3. The Labute approximate surface area is 177 Å². The van der Waals surface area contributed by atoms with Crippen molar-refractivity contribution in [3.05, 3.63) is 70.3 Å². The zero-order valence-electron chi connectivity index (χ0n) is 17.9. The first-order valence-corrected chi connectivity index (χ1v) is 9.99. The van der Waals surface area contributed by atoms with Gasteiger partial charge in [-0.05, 0) is 73.6 Å². The highest BCUT2D eigenvalue weighted by Crippen LogP contribution is 2.29. The molecule has 2 aromatic rings. The van der Waals surface area contributed by atoms with Gasteiger partial charge in [0.15, 0.2) is 5.78 Å². The van der Waals surface area contributed by atoms with Gasteiger partial charge in [-0.25, -0.2) is 0 Å². The molecule has 5 nitrogen and oxygen atoms in total. The maximum atomic E-state index is 12.7. The highest BCUT2D eigenvalue weighted by Gasteiger charge is 2.15. The fraction of sp³-hybridized carbons (Fsp3) is 0.320. The van der Waals surface area contributed by atoms with Crippen molar-refractivity contribution < 1.29 is 25.2 Å². The lowest BCUT2D eigenvalue weighted by Crippen LogP contribution is -2.18. The number of ketones is 1. The Hall–Kier alpha value is -3.05. The van der Waals surface area contributed by atoms with Crippen molar-refractivity contribution in [2.24, 2.45) is 5.92 Å². The third-order valence-corrected chi connectivity index (χ3v) is 4.93. The number of hydrogen-bond acceptors (Lipinski definition) is 5. The van der Waals surface area contributed by atoms with Gasteiger partial charge in [0.2, 0.25) is 0 Å². The molecule has 0 amide bonds. The van der Waals surface area contributed by atoms with Crippen molar-refractivity contribution >= 4 is 11.9 Å². The van der Waals surface area contributed by atoms with E-state index in [2.05, 4.69) is 0 Å². The molecule has 160 valence electrons. The summed E-state index contributed by atoms with van der Waals surface area (Å²) in [6, 6.07) is 7.45. The lowest BCUT2D eigenvalue weighted by atomic mass is 9.95. The minimum absolute atomic E-state index is 0.0546. The number of benzene rings is 2. The Bertz CT molecular complexity index is 966. The summed E-state index contributed by atoms with van der Waals surface area (Å²) in [5.41, 5.74) is 3.15. The molecule has 2 rings (SSSR count). The van der Waals surface area contributed by atoms with Crippen molar-refractivity contribution in [2.45, 2.75) is 46.6 Å². The number of aliphatic hydroxyl groups is 1. The van der Waals surface area contributed by atoms with Crippen LogP contribution in [0, 0.1) is 5.92 Å². The number of rotatable bonds is 8. The van der Waals surface area contributed by atoms with E-state index in [4.69, 9.17) is 0 Å². The van der Waals surface area contributed by atoms with Gasteiger partial charge in [-0.15, -0.1) is 0 Å². The van der Waals surface area contributed by atoms with E-state index < -0.39 is 11.9 Å². The van der Waals surface area contributed by atoms with Crippen LogP contribution in [0.25, 0.3) is 6.08 Å². The predicted octanol–water partition coefficient (Wildman–Crippen LogP) is 4.77. The largest absolute Gasteiger partial charge is 0.508 e. The van der Waals surface area contributed by atoms with E-state index >= 15 is 0 Å². The van der Waals surface area contributed by atoms with Crippen LogP contribution in [0.15, 0.2) is 48.1 Å². The topological polar surface area (TPSA) is 98.0 Å². The van der Waals surface area contributed by atoms with Gasteiger partial charge in [0.25, 0.3) is 0 Å². The molecule has 0 unspecified atom stereocenters. The first-order chi connectivity index (χ1) is 14.1. The number of phenolic OH excluding ortho intramolecular Hbond substituents is 3. The van der Waals surface area contributed by atoms with Crippen LogP contribution in [0.3, 0.4) is 0 Å². The van der Waals surface area contributed by atoms with Gasteiger partial charge in [0.1, 0.15) is 17.2 Å². The molecule has 1 atom stereocenters. The molecule has 30 heavy (non-hydrogen) atoms. The first-order valence-electron chi connectivity index (χ1n) is 9.99. The van der Waals surface area contributed by atoms with E-state index in [1.54, 1.807) is 18.2 Å². The third kappa shape index (κ3) is 6.22. The highest BCUT2D eigenvalue weighted by atomic mass is 16.3. The molecule has 0 aliphatic rings. The van der Waals surface area contributed by atoms with E-state index in [9.17, 15) is 25.2 Å². The molecule has 0 fully saturated rings. The molecule has 0 aliphatic carbocycles. The summed E-state index contributed by atoms with van der Waals surface area (Å²) in [6.07, 6.45) is 5.10. The van der Waals surface area contributed by atoms with Crippen LogP contribution in [0.5, 0.6) is 17.2 Å². The molecule has 0 saturated heterocycles. The fourth-order valence-electron chi connectivity index (χ4n) is 2.94. The zero-order valence-corrected chi connectivity index (χ0v) is 17.9. The SMILES string of the molecule is CC(C)=CCc1cc(C(=O)/C=C\c2ccc(O)cc2C[C@@H](O)C(C)C)c(O)cc1O. The number of aromatic hydroxyl groups is 3. The van der Waals surface area contributed by atoms with E-state index in [0.29, 0.717) is 24.0 Å². The van der Waals surface area contributed by atoms with Crippen LogP contribution in [0.1, 0.15) is 54.7 Å². The molecule has 0 saturated carbocycles. The van der Waals surface area contributed by atoms with E-state index in [-0.39, 0.29) is 28.7 Å². The van der Waals surface area contributed by atoms with Gasteiger partial charge in [-0.1, -0.05) is 37.6 Å². The first kappa shape index (κ1) is 23.2. The van der Waals surface area contributed by atoms with Crippen LogP contribution >= 0.6 is 0 Å². The summed E-state index contributed by atoms with van der Waals surface area (Å²) in [4.78, 5) is 12.7. The second-order valence-electron chi connectivity index (χ2n) is 8.08. The number of carbonyl (C=O) groups excluding carboxylic acids is 1. The minimum Gasteiger partial charge on any atom is -0.508 e. The van der Waals surface area contributed by atoms with Gasteiger partial charge in [-0.3, -0.25) is 4.79 Å². The van der Waals surface area contributed by atoms with E-state index in [1.807, 2.05) is 33.8 Å². The lowest BCUT2D eigenvalue weighted by molar-refractivity contribution is 0.104. The minimum atomic E-state index is -0.576. The van der Waals surface area contributed by atoms with Crippen molar-refractivity contribution in [1.29, 1.82) is 0 Å². The predicted molar refractivity (Wildman–Crippen MR) is 119 cm³/mol. The average Bonchev–Trinajstić information content (AvgIpc) is 2.66. The summed E-state index contributed by atoms with van der Waals surface area (Å²) >= 11 is 0. The number of carbonyl (C=O) groups is 1. The molecule has 2 aromatic carbocycles. The molecule has 0 heterocycles. The van der Waals surface area contributed by atoms with E-state index in [0.717, 1.165) is 11.1 Å². The lowest BCUT2D eigenvalue weighted by Gasteiger charge is -2.16. The quantitative estimate of drug-likeness (QED) is 0.286. The smallest absolute Gasteiger partial charge is 0.189 e. The fourth-order valence-corrected chi connectivity index (χ4v) is 2.94. The van der Waals surface area contributed by atoms with Crippen molar-refractivity contribution in [1.82, 2.24) is 0 Å². The number of aliphatic hydroxyl groups excluding tert-OH is 1. The number of hydrogen-bond donors (Lipinski definition) is 4. The molecule has 0 aliphatic heterocycles. The molecule has 4 N–H and O–H groups in total. The molecule has 0 bridgehead atoms. The second kappa shape index (κ2) is 10.1. The van der Waals surface area contributed by atoms with Crippen LogP contribution in [-0.2, 0) is 12.8 Å². The Morgan fingerprint density at radius 2 is 1.70 bits per heavy atom. The monoisotopic (exact) mass is 410 g/mol. The Morgan fingerprint density at radius 3 is 2.33 bits per heavy atom. The summed E-state index contributed by atoms with van der Waals surface area (Å²) in [6.45, 7) is 7.70. The van der Waals surface area contributed by atoms with Crippen LogP contribution < -0.4 is 0 Å². The maximum absolute atomic E-state index is 12.7. The van der Waals surface area contributed by atoms with Gasteiger partial charge in [0, 0.05) is 6.07 Å². The maximum Gasteiger partial charge on any atom is 0.189 e. The molecule has 5 heteroatoms. The third-order valence-electron chi connectivity index (χ3n) is 4.93. The van der Waals surface area contributed by atoms with Gasteiger partial charge >= 0.3 is 0 Å². The highest BCUT2D eigenvalue weighted by molar-refractivity contribution is 6.08. The number of allylic oxidation sites excluding steroid dienone is 3. The van der Waals surface area contributed by atoms with Gasteiger partial charge < -0.3 is 20.4 Å². The summed E-state index contributed by atoms with van der Waals surface area (Å²) < 4.78 is 0. The molecular weight excluding hydrogens is 380 g/mol. The van der Waals surface area contributed by atoms with Gasteiger partial charge in [0.05, 0.1) is 11.7 Å². The van der Waals surface area contributed by atoms with Crippen molar-refractivity contribution in [3.63, 3.8) is 0 Å². The Morgan fingerprint density at radius 1 is 1.00 bits per heavy atom. The van der Waals surface area contributed by atoms with E-state index in [1.165, 1.54) is 24.3 Å². The summed E-state index contributed by atoms with van der Waals surface area (Å²) in [7, 11) is 0.